The maximum atomic E-state index is 12.6. The predicted octanol–water partition coefficient (Wildman–Crippen LogP) is 3.88. The number of benzene rings is 2. The van der Waals surface area contributed by atoms with Crippen molar-refractivity contribution in [3.63, 3.8) is 0 Å². The number of ether oxygens (including phenoxy) is 1. The van der Waals surface area contributed by atoms with Gasteiger partial charge in [0.15, 0.2) is 0 Å². The van der Waals surface area contributed by atoms with Gasteiger partial charge in [-0.1, -0.05) is 30.3 Å². The van der Waals surface area contributed by atoms with Crippen LogP contribution in [0.1, 0.15) is 32.1 Å². The van der Waals surface area contributed by atoms with Crippen molar-refractivity contribution in [1.82, 2.24) is 9.97 Å². The summed E-state index contributed by atoms with van der Waals surface area (Å²) in [6, 6.07) is 16.0. The van der Waals surface area contributed by atoms with Crippen molar-refractivity contribution in [2.24, 2.45) is 0 Å². The van der Waals surface area contributed by atoms with Crippen molar-refractivity contribution >= 4 is 29.2 Å². The SMILES string of the molecule is COC(=O)c1ccccc1Nc1nc(C)cc(C(=O)Nc2ccccc2C)n1. The summed E-state index contributed by atoms with van der Waals surface area (Å²) in [5.74, 6) is -0.608. The van der Waals surface area contributed by atoms with E-state index in [1.807, 2.05) is 31.2 Å². The smallest absolute Gasteiger partial charge is 0.339 e. The molecule has 0 fully saturated rings. The molecule has 1 amide bonds. The van der Waals surface area contributed by atoms with Crippen LogP contribution in [0, 0.1) is 13.8 Å². The Labute approximate surface area is 162 Å². The van der Waals surface area contributed by atoms with Crippen LogP contribution in [0.2, 0.25) is 0 Å². The molecule has 1 aromatic heterocycles. The monoisotopic (exact) mass is 376 g/mol. The van der Waals surface area contributed by atoms with E-state index in [1.54, 1.807) is 37.3 Å². The highest BCUT2D eigenvalue weighted by Gasteiger charge is 2.15. The number of nitrogens with one attached hydrogen (secondary N) is 2. The van der Waals surface area contributed by atoms with Gasteiger partial charge < -0.3 is 15.4 Å². The molecule has 0 atom stereocenters. The molecule has 7 nitrogen and oxygen atoms in total. The number of aromatic nitrogens is 2. The fraction of sp³-hybridized carbons (Fsp3) is 0.143. The molecule has 1 heterocycles. The van der Waals surface area contributed by atoms with E-state index in [9.17, 15) is 9.59 Å². The zero-order chi connectivity index (χ0) is 20.1. The van der Waals surface area contributed by atoms with E-state index in [0.717, 1.165) is 5.56 Å². The number of nitrogens with zero attached hydrogens (tertiary/aromatic N) is 2. The van der Waals surface area contributed by atoms with Gasteiger partial charge in [0.2, 0.25) is 5.95 Å². The Hall–Kier alpha value is -3.74. The molecular weight excluding hydrogens is 356 g/mol. The van der Waals surface area contributed by atoms with Gasteiger partial charge >= 0.3 is 5.97 Å². The molecule has 2 aromatic carbocycles. The third-order valence-electron chi connectivity index (χ3n) is 4.06. The van der Waals surface area contributed by atoms with E-state index >= 15 is 0 Å². The van der Waals surface area contributed by atoms with Crippen molar-refractivity contribution in [2.75, 3.05) is 17.7 Å². The van der Waals surface area contributed by atoms with Crippen LogP contribution in [0.3, 0.4) is 0 Å². The standard InChI is InChI=1S/C21H20N4O3/c1-13-8-4-6-10-16(13)23-19(26)18-12-14(2)22-21(25-18)24-17-11-7-5-9-15(17)20(27)28-3/h4-12H,1-3H3,(H,23,26)(H,22,24,25). The molecule has 0 unspecified atom stereocenters. The van der Waals surface area contributed by atoms with E-state index in [0.29, 0.717) is 22.6 Å². The summed E-state index contributed by atoms with van der Waals surface area (Å²) in [6.07, 6.45) is 0. The summed E-state index contributed by atoms with van der Waals surface area (Å²) in [4.78, 5) is 33.2. The Kier molecular flexibility index (Phi) is 5.64. The van der Waals surface area contributed by atoms with Gasteiger partial charge in [0.25, 0.3) is 5.91 Å². The summed E-state index contributed by atoms with van der Waals surface area (Å²) in [7, 11) is 1.32. The molecule has 3 aromatic rings. The molecule has 0 aliphatic rings. The summed E-state index contributed by atoms with van der Waals surface area (Å²) in [5, 5.41) is 5.85. The second-order valence-electron chi connectivity index (χ2n) is 6.15. The van der Waals surface area contributed by atoms with E-state index in [2.05, 4.69) is 20.6 Å². The number of amides is 1. The average molecular weight is 376 g/mol. The number of methoxy groups -OCH3 is 1. The number of hydrogen-bond acceptors (Lipinski definition) is 6. The Bertz CT molecular complexity index is 1030. The van der Waals surface area contributed by atoms with Gasteiger partial charge in [-0.2, -0.15) is 0 Å². The number of carbonyl (C=O) groups excluding carboxylic acids is 2. The third-order valence-corrected chi connectivity index (χ3v) is 4.06. The number of aryl methyl sites for hydroxylation is 2. The van der Waals surface area contributed by atoms with Gasteiger partial charge in [-0.25, -0.2) is 14.8 Å². The van der Waals surface area contributed by atoms with Crippen LogP contribution >= 0.6 is 0 Å². The molecule has 0 saturated carbocycles. The fourth-order valence-corrected chi connectivity index (χ4v) is 2.64. The first kappa shape index (κ1) is 19.0. The maximum absolute atomic E-state index is 12.6. The van der Waals surface area contributed by atoms with Crippen LogP contribution in [0.25, 0.3) is 0 Å². The van der Waals surface area contributed by atoms with Crippen molar-refractivity contribution in [3.05, 3.63) is 77.1 Å². The van der Waals surface area contributed by atoms with Gasteiger partial charge in [-0.15, -0.1) is 0 Å². The first-order chi connectivity index (χ1) is 13.5. The first-order valence-corrected chi connectivity index (χ1v) is 8.65. The minimum atomic E-state index is -0.478. The second kappa shape index (κ2) is 8.30. The minimum absolute atomic E-state index is 0.214. The maximum Gasteiger partial charge on any atom is 0.339 e. The Morgan fingerprint density at radius 3 is 2.32 bits per heavy atom. The summed E-state index contributed by atoms with van der Waals surface area (Å²) < 4.78 is 4.79. The summed E-state index contributed by atoms with van der Waals surface area (Å²) in [5.41, 5.74) is 3.34. The second-order valence-corrected chi connectivity index (χ2v) is 6.15. The van der Waals surface area contributed by atoms with Crippen LogP contribution in [0.4, 0.5) is 17.3 Å². The topological polar surface area (TPSA) is 93.2 Å². The highest BCUT2D eigenvalue weighted by atomic mass is 16.5. The lowest BCUT2D eigenvalue weighted by Gasteiger charge is -2.12. The highest BCUT2D eigenvalue weighted by molar-refractivity contribution is 6.03. The zero-order valence-electron chi connectivity index (χ0n) is 15.8. The Morgan fingerprint density at radius 2 is 1.61 bits per heavy atom. The van der Waals surface area contributed by atoms with Gasteiger partial charge in [0, 0.05) is 11.4 Å². The Morgan fingerprint density at radius 1 is 0.929 bits per heavy atom. The van der Waals surface area contributed by atoms with Crippen LogP contribution in [-0.2, 0) is 4.74 Å². The molecule has 0 spiro atoms. The van der Waals surface area contributed by atoms with E-state index in [1.165, 1.54) is 7.11 Å². The van der Waals surface area contributed by atoms with Crippen LogP contribution in [-0.4, -0.2) is 29.0 Å². The summed E-state index contributed by atoms with van der Waals surface area (Å²) in [6.45, 7) is 3.68. The van der Waals surface area contributed by atoms with Gasteiger partial charge in [-0.05, 0) is 43.7 Å². The van der Waals surface area contributed by atoms with Gasteiger partial charge in [0.05, 0.1) is 18.4 Å². The number of rotatable bonds is 5. The predicted molar refractivity (Wildman–Crippen MR) is 107 cm³/mol. The van der Waals surface area contributed by atoms with Crippen molar-refractivity contribution < 1.29 is 14.3 Å². The summed E-state index contributed by atoms with van der Waals surface area (Å²) >= 11 is 0. The number of para-hydroxylation sites is 2. The largest absolute Gasteiger partial charge is 0.465 e. The van der Waals surface area contributed by atoms with Crippen LogP contribution < -0.4 is 10.6 Å². The number of esters is 1. The fourth-order valence-electron chi connectivity index (χ4n) is 2.64. The number of hydrogen-bond donors (Lipinski definition) is 2. The lowest BCUT2D eigenvalue weighted by molar-refractivity contribution is 0.0601. The molecule has 0 radical (unpaired) electrons. The molecule has 0 saturated heterocycles. The molecule has 0 aliphatic carbocycles. The lowest BCUT2D eigenvalue weighted by atomic mass is 10.2. The van der Waals surface area contributed by atoms with Crippen molar-refractivity contribution in [1.29, 1.82) is 0 Å². The molecule has 28 heavy (non-hydrogen) atoms. The first-order valence-electron chi connectivity index (χ1n) is 8.65. The van der Waals surface area contributed by atoms with Crippen LogP contribution in [0.15, 0.2) is 54.6 Å². The van der Waals surface area contributed by atoms with Gasteiger partial charge in [0.1, 0.15) is 5.69 Å². The molecule has 142 valence electrons. The minimum Gasteiger partial charge on any atom is -0.465 e. The number of carbonyl (C=O) groups is 2. The van der Waals surface area contributed by atoms with Gasteiger partial charge in [-0.3, -0.25) is 4.79 Å². The molecule has 7 heteroatoms. The normalized spacial score (nSPS) is 10.2. The quantitative estimate of drug-likeness (QED) is 0.657. The molecular formula is C21H20N4O3. The highest BCUT2D eigenvalue weighted by Crippen LogP contribution is 2.20. The molecule has 0 aliphatic heterocycles. The number of anilines is 3. The third kappa shape index (κ3) is 4.32. The molecule has 2 N–H and O–H groups in total. The molecule has 0 bridgehead atoms. The van der Waals surface area contributed by atoms with Crippen LogP contribution in [0.5, 0.6) is 0 Å². The van der Waals surface area contributed by atoms with E-state index in [4.69, 9.17) is 4.74 Å². The lowest BCUT2D eigenvalue weighted by Crippen LogP contribution is -2.16. The zero-order valence-corrected chi connectivity index (χ0v) is 15.8. The molecule has 3 rings (SSSR count). The van der Waals surface area contributed by atoms with Crippen molar-refractivity contribution in [3.8, 4) is 0 Å². The van der Waals surface area contributed by atoms with Crippen molar-refractivity contribution in [2.45, 2.75) is 13.8 Å². The average Bonchev–Trinajstić information content (AvgIpc) is 2.69. The van der Waals surface area contributed by atoms with E-state index in [-0.39, 0.29) is 17.5 Å². The Balaban J connectivity index is 1.87. The van der Waals surface area contributed by atoms with E-state index < -0.39 is 5.97 Å².